The van der Waals surface area contributed by atoms with Crippen LogP contribution in [0.25, 0.3) is 0 Å². The Kier molecular flexibility index (Phi) is 6.15. The van der Waals surface area contributed by atoms with Crippen LogP contribution in [0.2, 0.25) is 0 Å². The summed E-state index contributed by atoms with van der Waals surface area (Å²) in [4.78, 5) is 2.67. The van der Waals surface area contributed by atoms with E-state index < -0.39 is 0 Å². The molecule has 0 aromatic heterocycles. The lowest BCUT2D eigenvalue weighted by molar-refractivity contribution is 0.163. The van der Waals surface area contributed by atoms with Crippen molar-refractivity contribution in [3.8, 4) is 0 Å². The molecule has 0 radical (unpaired) electrons. The molecule has 0 aromatic rings. The second-order valence-corrected chi connectivity index (χ2v) is 6.97. The van der Waals surface area contributed by atoms with Gasteiger partial charge in [-0.1, -0.05) is 44.9 Å². The highest BCUT2D eigenvalue weighted by molar-refractivity contribution is 4.90. The quantitative estimate of drug-likeness (QED) is 0.758. The molecule has 0 atom stereocenters. The van der Waals surface area contributed by atoms with Crippen LogP contribution in [-0.2, 0) is 0 Å². The van der Waals surface area contributed by atoms with E-state index in [1.165, 1.54) is 83.6 Å². The van der Waals surface area contributed by atoms with Crippen molar-refractivity contribution in [2.24, 2.45) is 0 Å². The fraction of sp³-hybridized carbons (Fsp3) is 1.00. The normalized spacial score (nSPS) is 25.4. The zero-order valence-corrected chi connectivity index (χ0v) is 13.2. The van der Waals surface area contributed by atoms with Crippen molar-refractivity contribution < 1.29 is 0 Å². The first-order valence-electron chi connectivity index (χ1n) is 8.65. The molecule has 0 heterocycles. The van der Waals surface area contributed by atoms with Gasteiger partial charge < -0.3 is 10.2 Å². The molecule has 0 unspecified atom stereocenters. The maximum atomic E-state index is 3.66. The fourth-order valence-electron chi connectivity index (χ4n) is 4.13. The van der Waals surface area contributed by atoms with E-state index >= 15 is 0 Å². The zero-order valence-electron chi connectivity index (χ0n) is 13.2. The van der Waals surface area contributed by atoms with Gasteiger partial charge in [0.1, 0.15) is 0 Å². The van der Waals surface area contributed by atoms with Gasteiger partial charge in [-0.05, 0) is 52.7 Å². The maximum absolute atomic E-state index is 3.66. The van der Waals surface area contributed by atoms with E-state index in [0.29, 0.717) is 5.54 Å². The average Bonchev–Trinajstić information content (AvgIpc) is 2.75. The Bertz CT molecular complexity index is 238. The summed E-state index contributed by atoms with van der Waals surface area (Å²) in [5.74, 6) is 0. The number of rotatable bonds is 5. The predicted molar refractivity (Wildman–Crippen MR) is 83.6 cm³/mol. The van der Waals surface area contributed by atoms with E-state index in [4.69, 9.17) is 0 Å². The first-order chi connectivity index (χ1) is 9.26. The van der Waals surface area contributed by atoms with Crippen LogP contribution >= 0.6 is 0 Å². The number of nitrogens with one attached hydrogen (secondary N) is 1. The van der Waals surface area contributed by atoms with E-state index in [1.807, 2.05) is 0 Å². The summed E-state index contributed by atoms with van der Waals surface area (Å²) >= 11 is 0. The minimum atomic E-state index is 0.456. The molecule has 19 heavy (non-hydrogen) atoms. The minimum absolute atomic E-state index is 0.456. The van der Waals surface area contributed by atoms with Crippen LogP contribution in [0.1, 0.15) is 77.0 Å². The maximum Gasteiger partial charge on any atom is 0.0190 e. The molecule has 0 saturated heterocycles. The summed E-state index contributed by atoms with van der Waals surface area (Å²) < 4.78 is 0. The van der Waals surface area contributed by atoms with Crippen molar-refractivity contribution in [1.29, 1.82) is 0 Å². The summed E-state index contributed by atoms with van der Waals surface area (Å²) in [7, 11) is 4.54. The zero-order chi connectivity index (χ0) is 13.6. The molecule has 0 aromatic carbocycles. The Balaban J connectivity index is 1.79. The summed E-state index contributed by atoms with van der Waals surface area (Å²) in [6.07, 6.45) is 17.1. The summed E-state index contributed by atoms with van der Waals surface area (Å²) in [6, 6.07) is 0.861. The largest absolute Gasteiger partial charge is 0.314 e. The predicted octanol–water partition coefficient (Wildman–Crippen LogP) is 3.95. The van der Waals surface area contributed by atoms with Crippen molar-refractivity contribution in [3.05, 3.63) is 0 Å². The van der Waals surface area contributed by atoms with E-state index in [-0.39, 0.29) is 0 Å². The number of hydrogen-bond donors (Lipinski definition) is 1. The lowest BCUT2D eigenvalue weighted by atomic mass is 9.79. The SMILES string of the molecule is CNC1(CCN(C)C2CCCCCC2)CCCCC1. The van der Waals surface area contributed by atoms with Crippen LogP contribution in [0.3, 0.4) is 0 Å². The highest BCUT2D eigenvalue weighted by Crippen LogP contribution is 2.31. The molecule has 2 saturated carbocycles. The van der Waals surface area contributed by atoms with Gasteiger partial charge in [-0.15, -0.1) is 0 Å². The summed E-state index contributed by atoms with van der Waals surface area (Å²) in [5.41, 5.74) is 0.456. The second-order valence-electron chi connectivity index (χ2n) is 6.97. The smallest absolute Gasteiger partial charge is 0.0190 e. The molecule has 0 amide bonds. The molecule has 2 heteroatoms. The van der Waals surface area contributed by atoms with Crippen LogP contribution in [0.15, 0.2) is 0 Å². The van der Waals surface area contributed by atoms with E-state index in [9.17, 15) is 0 Å². The lowest BCUT2D eigenvalue weighted by Gasteiger charge is -2.39. The van der Waals surface area contributed by atoms with E-state index in [0.717, 1.165) is 6.04 Å². The Morgan fingerprint density at radius 1 is 0.947 bits per heavy atom. The first kappa shape index (κ1) is 15.3. The van der Waals surface area contributed by atoms with Crippen molar-refractivity contribution in [3.63, 3.8) is 0 Å². The van der Waals surface area contributed by atoms with Gasteiger partial charge >= 0.3 is 0 Å². The van der Waals surface area contributed by atoms with Crippen molar-refractivity contribution in [2.45, 2.75) is 88.6 Å². The highest BCUT2D eigenvalue weighted by atomic mass is 15.1. The van der Waals surface area contributed by atoms with Gasteiger partial charge in [-0.25, -0.2) is 0 Å². The monoisotopic (exact) mass is 266 g/mol. The van der Waals surface area contributed by atoms with Gasteiger partial charge in [0.15, 0.2) is 0 Å². The summed E-state index contributed by atoms with van der Waals surface area (Å²) in [6.45, 7) is 1.28. The Morgan fingerprint density at radius 2 is 1.53 bits per heavy atom. The molecule has 112 valence electrons. The van der Waals surface area contributed by atoms with Crippen LogP contribution in [0.5, 0.6) is 0 Å². The number of nitrogens with zero attached hydrogens (tertiary/aromatic N) is 1. The van der Waals surface area contributed by atoms with Crippen molar-refractivity contribution in [1.82, 2.24) is 10.2 Å². The molecule has 0 spiro atoms. The van der Waals surface area contributed by atoms with Gasteiger partial charge in [-0.3, -0.25) is 0 Å². The van der Waals surface area contributed by atoms with Gasteiger partial charge in [-0.2, -0.15) is 0 Å². The van der Waals surface area contributed by atoms with Gasteiger partial charge in [0.2, 0.25) is 0 Å². The fourth-order valence-corrected chi connectivity index (χ4v) is 4.13. The molecule has 0 bridgehead atoms. The standard InChI is InChI=1S/C17H34N2/c1-18-17(12-8-5-9-13-17)14-15-19(2)16-10-6-3-4-7-11-16/h16,18H,3-15H2,1-2H3. The second kappa shape index (κ2) is 7.64. The van der Waals surface area contributed by atoms with Crippen LogP contribution in [0, 0.1) is 0 Å². The van der Waals surface area contributed by atoms with Crippen LogP contribution in [0.4, 0.5) is 0 Å². The third-order valence-corrected chi connectivity index (χ3v) is 5.73. The van der Waals surface area contributed by atoms with E-state index in [1.54, 1.807) is 0 Å². The molecule has 2 aliphatic carbocycles. The Labute approximate surface area is 120 Å². The molecular formula is C17H34N2. The third-order valence-electron chi connectivity index (χ3n) is 5.73. The molecule has 2 aliphatic rings. The minimum Gasteiger partial charge on any atom is -0.314 e. The molecule has 0 aliphatic heterocycles. The van der Waals surface area contributed by atoms with Crippen LogP contribution < -0.4 is 5.32 Å². The topological polar surface area (TPSA) is 15.3 Å². The molecule has 2 rings (SSSR count). The Hall–Kier alpha value is -0.0800. The third kappa shape index (κ3) is 4.46. The highest BCUT2D eigenvalue weighted by Gasteiger charge is 2.30. The molecular weight excluding hydrogens is 232 g/mol. The first-order valence-corrected chi connectivity index (χ1v) is 8.65. The van der Waals surface area contributed by atoms with E-state index in [2.05, 4.69) is 24.3 Å². The molecule has 2 nitrogen and oxygen atoms in total. The van der Waals surface area contributed by atoms with Crippen LogP contribution in [-0.4, -0.2) is 37.1 Å². The van der Waals surface area contributed by atoms with Gasteiger partial charge in [0.05, 0.1) is 0 Å². The van der Waals surface area contributed by atoms with Crippen molar-refractivity contribution in [2.75, 3.05) is 20.6 Å². The number of hydrogen-bond acceptors (Lipinski definition) is 2. The summed E-state index contributed by atoms with van der Waals surface area (Å²) in [5, 5.41) is 3.66. The van der Waals surface area contributed by atoms with Gasteiger partial charge in [0.25, 0.3) is 0 Å². The lowest BCUT2D eigenvalue weighted by Crippen LogP contribution is -2.47. The van der Waals surface area contributed by atoms with Crippen molar-refractivity contribution >= 4 is 0 Å². The molecule has 2 fully saturated rings. The average molecular weight is 266 g/mol. The van der Waals surface area contributed by atoms with Gasteiger partial charge in [0, 0.05) is 11.6 Å². The molecule has 1 N–H and O–H groups in total. The Morgan fingerprint density at radius 3 is 2.11 bits per heavy atom.